The smallest absolute Gasteiger partial charge is 0.183 e. The summed E-state index contributed by atoms with van der Waals surface area (Å²) >= 11 is 0. The molecule has 2 nitrogen and oxygen atoms in total. The Hall–Kier alpha value is -0.803. The lowest BCUT2D eigenvalue weighted by atomic mass is 9.99. The number of benzene rings is 1. The van der Waals surface area contributed by atoms with Crippen molar-refractivity contribution in [2.75, 3.05) is 13.2 Å². The molecule has 0 radical (unpaired) electrons. The molecule has 1 aromatic carbocycles. The average molecular weight is 333 g/mol. The zero-order valence-corrected chi connectivity index (χ0v) is 15.6. The van der Waals surface area contributed by atoms with Crippen LogP contribution in [0.1, 0.15) is 64.2 Å². The standard InChI is InChI=1S/C20H32O2Si/c1-4-10-18(11-5-1)21-16-17-22-23(19-12-6-2-7-13-19)20-14-8-3-9-15-20/h1,4-5,10-11,19-20,23H,2-3,6-9,12-17H2. The van der Waals surface area contributed by atoms with Crippen LogP contribution in [0.4, 0.5) is 0 Å². The summed E-state index contributed by atoms with van der Waals surface area (Å²) < 4.78 is 12.4. The minimum absolute atomic E-state index is 0.701. The minimum Gasteiger partial charge on any atom is -0.491 e. The van der Waals surface area contributed by atoms with Crippen molar-refractivity contribution in [1.29, 1.82) is 0 Å². The number of ether oxygens (including phenoxy) is 1. The second-order valence-electron chi connectivity index (χ2n) is 7.29. The van der Waals surface area contributed by atoms with Gasteiger partial charge in [-0.25, -0.2) is 0 Å². The Labute approximate surface area is 143 Å². The van der Waals surface area contributed by atoms with Crippen LogP contribution in [0.3, 0.4) is 0 Å². The Morgan fingerprint density at radius 2 is 1.30 bits per heavy atom. The molecule has 0 spiro atoms. The third-order valence-electron chi connectivity index (χ3n) is 5.63. The SMILES string of the molecule is c1ccc(OCCO[SiH](C2CCCCC2)C2CCCCC2)cc1. The first-order valence-electron chi connectivity index (χ1n) is 9.73. The van der Waals surface area contributed by atoms with Crippen molar-refractivity contribution in [3.63, 3.8) is 0 Å². The largest absolute Gasteiger partial charge is 0.491 e. The normalized spacial score (nSPS) is 20.7. The van der Waals surface area contributed by atoms with Gasteiger partial charge in [-0.2, -0.15) is 0 Å². The van der Waals surface area contributed by atoms with E-state index in [0.717, 1.165) is 23.4 Å². The first kappa shape index (κ1) is 17.0. The van der Waals surface area contributed by atoms with Crippen molar-refractivity contribution in [2.45, 2.75) is 75.3 Å². The molecule has 0 bridgehead atoms. The zero-order valence-electron chi connectivity index (χ0n) is 14.4. The van der Waals surface area contributed by atoms with Gasteiger partial charge in [-0.05, 0) is 23.2 Å². The lowest BCUT2D eigenvalue weighted by Gasteiger charge is -2.36. The fraction of sp³-hybridized carbons (Fsp3) is 0.700. The van der Waals surface area contributed by atoms with Gasteiger partial charge in [0.2, 0.25) is 0 Å². The third-order valence-corrected chi connectivity index (χ3v) is 9.45. The molecule has 2 aliphatic carbocycles. The second-order valence-corrected chi connectivity index (χ2v) is 10.4. The topological polar surface area (TPSA) is 18.5 Å². The van der Waals surface area contributed by atoms with Crippen LogP contribution in [0.2, 0.25) is 11.1 Å². The van der Waals surface area contributed by atoms with Crippen molar-refractivity contribution >= 4 is 9.04 Å². The monoisotopic (exact) mass is 332 g/mol. The summed E-state index contributed by atoms with van der Waals surface area (Å²) in [6.45, 7) is 1.49. The molecule has 2 fully saturated rings. The van der Waals surface area contributed by atoms with Crippen LogP contribution in [0, 0.1) is 0 Å². The zero-order chi connectivity index (χ0) is 15.7. The molecule has 1 aromatic rings. The van der Waals surface area contributed by atoms with Crippen molar-refractivity contribution in [3.05, 3.63) is 30.3 Å². The summed E-state index contributed by atoms with van der Waals surface area (Å²) in [5, 5.41) is 0. The van der Waals surface area contributed by atoms with Crippen molar-refractivity contribution in [1.82, 2.24) is 0 Å². The van der Waals surface area contributed by atoms with Crippen LogP contribution in [0.25, 0.3) is 0 Å². The molecule has 0 aromatic heterocycles. The van der Waals surface area contributed by atoms with Gasteiger partial charge < -0.3 is 9.16 Å². The number of hydrogen-bond acceptors (Lipinski definition) is 2. The van der Waals surface area contributed by atoms with Crippen LogP contribution >= 0.6 is 0 Å². The van der Waals surface area contributed by atoms with Gasteiger partial charge in [0, 0.05) is 0 Å². The highest BCUT2D eigenvalue weighted by Gasteiger charge is 2.34. The molecule has 3 rings (SSSR count). The summed E-state index contributed by atoms with van der Waals surface area (Å²) in [6.07, 6.45) is 14.4. The van der Waals surface area contributed by atoms with Gasteiger partial charge in [0.05, 0.1) is 6.61 Å². The molecular formula is C20H32O2Si. The predicted octanol–water partition coefficient (Wildman–Crippen LogP) is 5.47. The molecule has 0 unspecified atom stereocenters. The van der Waals surface area contributed by atoms with Gasteiger partial charge in [-0.15, -0.1) is 0 Å². The summed E-state index contributed by atoms with van der Waals surface area (Å²) in [7, 11) is -1.10. The molecule has 2 aliphatic rings. The van der Waals surface area contributed by atoms with E-state index in [4.69, 9.17) is 9.16 Å². The molecule has 23 heavy (non-hydrogen) atoms. The fourth-order valence-electron chi connectivity index (χ4n) is 4.44. The highest BCUT2D eigenvalue weighted by Crippen LogP contribution is 2.41. The summed E-state index contributed by atoms with van der Waals surface area (Å²) in [5.41, 5.74) is 1.87. The lowest BCUT2D eigenvalue weighted by Crippen LogP contribution is -2.34. The van der Waals surface area contributed by atoms with E-state index in [9.17, 15) is 0 Å². The Bertz CT molecular complexity index is 407. The maximum absolute atomic E-state index is 6.56. The first-order valence-corrected chi connectivity index (χ1v) is 11.5. The van der Waals surface area contributed by atoms with E-state index in [1.54, 1.807) is 0 Å². The van der Waals surface area contributed by atoms with Gasteiger partial charge in [-0.3, -0.25) is 0 Å². The number of rotatable bonds is 7. The second kappa shape index (κ2) is 9.48. The Balaban J connectivity index is 1.48. The number of hydrogen-bond donors (Lipinski definition) is 0. The average Bonchev–Trinajstić information content (AvgIpc) is 2.64. The quantitative estimate of drug-likeness (QED) is 0.486. The molecule has 3 heteroatoms. The highest BCUT2D eigenvalue weighted by molar-refractivity contribution is 6.55. The maximum Gasteiger partial charge on any atom is 0.183 e. The van der Waals surface area contributed by atoms with Gasteiger partial charge in [0.15, 0.2) is 9.04 Å². The van der Waals surface area contributed by atoms with Crippen molar-refractivity contribution in [2.24, 2.45) is 0 Å². The summed E-state index contributed by atoms with van der Waals surface area (Å²) in [5.74, 6) is 0.963. The highest BCUT2D eigenvalue weighted by atomic mass is 28.3. The van der Waals surface area contributed by atoms with Crippen molar-refractivity contribution < 1.29 is 9.16 Å². The molecular weight excluding hydrogens is 300 g/mol. The van der Waals surface area contributed by atoms with Crippen LogP contribution in [-0.2, 0) is 4.43 Å². The van der Waals surface area contributed by atoms with E-state index in [0.29, 0.717) is 6.61 Å². The molecule has 0 amide bonds. The van der Waals surface area contributed by atoms with Crippen LogP contribution in [0.5, 0.6) is 5.75 Å². The third kappa shape index (κ3) is 5.35. The van der Waals surface area contributed by atoms with E-state index >= 15 is 0 Å². The molecule has 2 saturated carbocycles. The summed E-state index contributed by atoms with van der Waals surface area (Å²) in [6, 6.07) is 10.1. The fourth-order valence-corrected chi connectivity index (χ4v) is 8.38. The predicted molar refractivity (Wildman–Crippen MR) is 98.7 cm³/mol. The Morgan fingerprint density at radius 3 is 1.87 bits per heavy atom. The minimum atomic E-state index is -1.10. The van der Waals surface area contributed by atoms with E-state index in [-0.39, 0.29) is 0 Å². The molecule has 0 aliphatic heterocycles. The molecule has 0 heterocycles. The molecule has 128 valence electrons. The van der Waals surface area contributed by atoms with Gasteiger partial charge in [0.25, 0.3) is 0 Å². The van der Waals surface area contributed by atoms with Crippen LogP contribution < -0.4 is 4.74 Å². The molecule has 0 N–H and O–H groups in total. The lowest BCUT2D eigenvalue weighted by molar-refractivity contribution is 0.204. The van der Waals surface area contributed by atoms with Gasteiger partial charge >= 0.3 is 0 Å². The van der Waals surface area contributed by atoms with Gasteiger partial charge in [0.1, 0.15) is 12.4 Å². The Morgan fingerprint density at radius 1 is 0.739 bits per heavy atom. The van der Waals surface area contributed by atoms with E-state index < -0.39 is 9.04 Å². The Kier molecular flexibility index (Phi) is 7.02. The molecule has 0 saturated heterocycles. The van der Waals surface area contributed by atoms with Crippen molar-refractivity contribution in [3.8, 4) is 5.75 Å². The van der Waals surface area contributed by atoms with Crippen LogP contribution in [0.15, 0.2) is 30.3 Å². The number of para-hydroxylation sites is 1. The maximum atomic E-state index is 6.56. The first-order chi connectivity index (χ1) is 11.4. The summed E-state index contributed by atoms with van der Waals surface area (Å²) in [4.78, 5) is 0. The van der Waals surface area contributed by atoms with Gasteiger partial charge in [-0.1, -0.05) is 82.4 Å². The van der Waals surface area contributed by atoms with E-state index in [1.165, 1.54) is 64.2 Å². The van der Waals surface area contributed by atoms with E-state index in [1.807, 2.05) is 30.3 Å². The molecule has 0 atom stereocenters. The van der Waals surface area contributed by atoms with Crippen LogP contribution in [-0.4, -0.2) is 22.3 Å². The van der Waals surface area contributed by atoms with E-state index in [2.05, 4.69) is 0 Å².